The van der Waals surface area contributed by atoms with Crippen molar-refractivity contribution in [3.05, 3.63) is 83.4 Å². The van der Waals surface area contributed by atoms with E-state index in [4.69, 9.17) is 9.47 Å². The van der Waals surface area contributed by atoms with E-state index in [9.17, 15) is 14.7 Å². The quantitative estimate of drug-likeness (QED) is 0.326. The van der Waals surface area contributed by atoms with E-state index in [0.29, 0.717) is 36.6 Å². The van der Waals surface area contributed by atoms with E-state index in [1.807, 2.05) is 67.6 Å². The Morgan fingerprint density at radius 1 is 1.09 bits per heavy atom. The number of hydrogen-bond donors (Lipinski definition) is 1. The van der Waals surface area contributed by atoms with Crippen molar-refractivity contribution in [2.45, 2.75) is 31.9 Å². The molecule has 1 amide bonds. The standard InChI is InChI=1S/C28H27NO5/c1-2-33-20-11-5-10-19(16-20)25-24(27(31)28(32)29(25)17-21-12-7-15-34-21)26(30)23-14-6-9-18-8-3-4-13-22(18)23/h3-6,8-11,13-14,16,21,25,30H,2,7,12,15,17H2,1H3/b26-24-. The first-order valence-electron chi connectivity index (χ1n) is 11.7. The number of Topliss-reactive ketones (excluding diaryl/α,β-unsaturated/α-hetero) is 1. The van der Waals surface area contributed by atoms with Gasteiger partial charge in [-0.3, -0.25) is 9.59 Å². The first kappa shape index (κ1) is 22.2. The van der Waals surface area contributed by atoms with Crippen LogP contribution in [-0.2, 0) is 14.3 Å². The summed E-state index contributed by atoms with van der Waals surface area (Å²) in [7, 11) is 0. The molecule has 34 heavy (non-hydrogen) atoms. The second-order valence-electron chi connectivity index (χ2n) is 8.62. The Hall–Kier alpha value is -3.64. The van der Waals surface area contributed by atoms with Crippen LogP contribution in [0.15, 0.2) is 72.3 Å². The van der Waals surface area contributed by atoms with E-state index in [1.54, 1.807) is 11.0 Å². The molecule has 6 heteroatoms. The molecule has 2 atom stereocenters. The zero-order valence-electron chi connectivity index (χ0n) is 19.1. The Morgan fingerprint density at radius 2 is 1.88 bits per heavy atom. The Balaban J connectivity index is 1.67. The van der Waals surface area contributed by atoms with Gasteiger partial charge in [-0.2, -0.15) is 0 Å². The number of hydrogen-bond acceptors (Lipinski definition) is 5. The van der Waals surface area contributed by atoms with Crippen LogP contribution in [-0.4, -0.2) is 47.6 Å². The van der Waals surface area contributed by atoms with Crippen LogP contribution in [0, 0.1) is 0 Å². The summed E-state index contributed by atoms with van der Waals surface area (Å²) >= 11 is 0. The van der Waals surface area contributed by atoms with Crippen LogP contribution in [0.1, 0.15) is 36.9 Å². The zero-order valence-corrected chi connectivity index (χ0v) is 19.1. The smallest absolute Gasteiger partial charge is 0.295 e. The molecule has 0 saturated carbocycles. The Morgan fingerprint density at radius 3 is 2.68 bits per heavy atom. The highest BCUT2D eigenvalue weighted by Crippen LogP contribution is 2.41. The van der Waals surface area contributed by atoms with E-state index in [1.165, 1.54) is 0 Å². The maximum absolute atomic E-state index is 13.4. The van der Waals surface area contributed by atoms with Gasteiger partial charge < -0.3 is 19.5 Å². The number of fused-ring (bicyclic) bond motifs is 1. The van der Waals surface area contributed by atoms with Crippen LogP contribution in [0.2, 0.25) is 0 Å². The Bertz CT molecular complexity index is 1270. The van der Waals surface area contributed by atoms with Gasteiger partial charge in [0.05, 0.1) is 24.3 Å². The minimum atomic E-state index is -0.733. The molecule has 6 nitrogen and oxygen atoms in total. The molecule has 2 unspecified atom stereocenters. The molecule has 3 aromatic rings. The van der Waals surface area contributed by atoms with Crippen LogP contribution in [0.4, 0.5) is 0 Å². The predicted molar refractivity (Wildman–Crippen MR) is 130 cm³/mol. The van der Waals surface area contributed by atoms with Crippen molar-refractivity contribution in [3.63, 3.8) is 0 Å². The van der Waals surface area contributed by atoms with Crippen molar-refractivity contribution < 1.29 is 24.2 Å². The molecule has 0 aliphatic carbocycles. The Kier molecular flexibility index (Phi) is 6.07. The van der Waals surface area contributed by atoms with Gasteiger partial charge in [-0.05, 0) is 48.2 Å². The Labute approximate surface area is 198 Å². The van der Waals surface area contributed by atoms with Crippen LogP contribution in [0.5, 0.6) is 5.75 Å². The number of rotatable bonds is 6. The second-order valence-corrected chi connectivity index (χ2v) is 8.62. The predicted octanol–water partition coefficient (Wildman–Crippen LogP) is 4.84. The van der Waals surface area contributed by atoms with E-state index in [2.05, 4.69) is 0 Å². The number of amides is 1. The molecule has 2 aliphatic heterocycles. The summed E-state index contributed by atoms with van der Waals surface area (Å²) in [4.78, 5) is 28.1. The van der Waals surface area contributed by atoms with Gasteiger partial charge in [0, 0.05) is 18.7 Å². The minimum absolute atomic E-state index is 0.0907. The number of carbonyl (C=O) groups excluding carboxylic acids is 2. The fraction of sp³-hybridized carbons (Fsp3) is 0.286. The summed E-state index contributed by atoms with van der Waals surface area (Å²) in [6.07, 6.45) is 1.63. The average Bonchev–Trinajstić information content (AvgIpc) is 3.46. The topological polar surface area (TPSA) is 76.1 Å². The first-order valence-corrected chi connectivity index (χ1v) is 11.7. The fourth-order valence-corrected chi connectivity index (χ4v) is 4.94. The lowest BCUT2D eigenvalue weighted by atomic mass is 9.93. The molecule has 5 rings (SSSR count). The third-order valence-electron chi connectivity index (χ3n) is 6.49. The fourth-order valence-electron chi connectivity index (χ4n) is 4.94. The number of aliphatic hydroxyl groups excluding tert-OH is 1. The van der Waals surface area contributed by atoms with Gasteiger partial charge in [-0.25, -0.2) is 0 Å². The summed E-state index contributed by atoms with van der Waals surface area (Å²) in [5.74, 6) is -0.830. The van der Waals surface area contributed by atoms with Gasteiger partial charge in [-0.1, -0.05) is 54.6 Å². The number of nitrogens with zero attached hydrogens (tertiary/aromatic N) is 1. The number of aliphatic hydroxyl groups is 1. The number of carbonyl (C=O) groups is 2. The lowest BCUT2D eigenvalue weighted by molar-refractivity contribution is -0.140. The average molecular weight is 458 g/mol. The van der Waals surface area contributed by atoms with Crippen molar-refractivity contribution in [1.29, 1.82) is 0 Å². The van der Waals surface area contributed by atoms with Gasteiger partial charge in [0.25, 0.3) is 11.7 Å². The third-order valence-corrected chi connectivity index (χ3v) is 6.49. The van der Waals surface area contributed by atoms with Crippen LogP contribution >= 0.6 is 0 Å². The van der Waals surface area contributed by atoms with Gasteiger partial charge in [0.15, 0.2) is 0 Å². The third kappa shape index (κ3) is 3.94. The van der Waals surface area contributed by atoms with Gasteiger partial charge in [0.1, 0.15) is 11.5 Å². The molecule has 0 aromatic heterocycles. The van der Waals surface area contributed by atoms with Gasteiger partial charge in [-0.15, -0.1) is 0 Å². The largest absolute Gasteiger partial charge is 0.507 e. The van der Waals surface area contributed by atoms with E-state index in [0.717, 1.165) is 23.6 Å². The summed E-state index contributed by atoms with van der Waals surface area (Å²) in [5.41, 5.74) is 1.33. The summed E-state index contributed by atoms with van der Waals surface area (Å²) in [5, 5.41) is 13.3. The molecule has 2 aliphatic rings. The number of likely N-dealkylation sites (tertiary alicyclic amines) is 1. The molecule has 0 bridgehead atoms. The monoisotopic (exact) mass is 457 g/mol. The molecule has 2 heterocycles. The van der Waals surface area contributed by atoms with E-state index >= 15 is 0 Å². The highest BCUT2D eigenvalue weighted by atomic mass is 16.5. The van der Waals surface area contributed by atoms with E-state index < -0.39 is 17.7 Å². The molecule has 2 saturated heterocycles. The number of ether oxygens (including phenoxy) is 2. The summed E-state index contributed by atoms with van der Waals surface area (Å²) < 4.78 is 11.4. The number of benzene rings is 3. The highest BCUT2D eigenvalue weighted by molar-refractivity contribution is 6.46. The molecule has 0 spiro atoms. The molecule has 0 radical (unpaired) electrons. The van der Waals surface area contributed by atoms with Crippen LogP contribution in [0.25, 0.3) is 16.5 Å². The van der Waals surface area contributed by atoms with Gasteiger partial charge >= 0.3 is 0 Å². The lowest BCUT2D eigenvalue weighted by Crippen LogP contribution is -2.36. The highest BCUT2D eigenvalue weighted by Gasteiger charge is 2.47. The minimum Gasteiger partial charge on any atom is -0.507 e. The van der Waals surface area contributed by atoms with Crippen molar-refractivity contribution >= 4 is 28.2 Å². The van der Waals surface area contributed by atoms with Gasteiger partial charge in [0.2, 0.25) is 0 Å². The molecule has 2 fully saturated rings. The van der Waals surface area contributed by atoms with Crippen molar-refractivity contribution in [1.82, 2.24) is 4.90 Å². The second kappa shape index (κ2) is 9.31. The van der Waals surface area contributed by atoms with Crippen molar-refractivity contribution in [3.8, 4) is 5.75 Å². The van der Waals surface area contributed by atoms with Crippen molar-refractivity contribution in [2.24, 2.45) is 0 Å². The summed E-state index contributed by atoms with van der Waals surface area (Å²) in [6.45, 7) is 3.34. The first-order chi connectivity index (χ1) is 16.6. The SMILES string of the molecule is CCOc1cccc(C2/C(=C(/O)c3cccc4ccccc34)C(=O)C(=O)N2CC2CCCO2)c1. The molecular formula is C28H27NO5. The number of ketones is 1. The maximum atomic E-state index is 13.4. The molecule has 174 valence electrons. The lowest BCUT2D eigenvalue weighted by Gasteiger charge is -2.27. The molecule has 3 aromatic carbocycles. The van der Waals surface area contributed by atoms with E-state index in [-0.39, 0.29) is 17.4 Å². The normalized spacial score (nSPS) is 22.0. The van der Waals surface area contributed by atoms with Crippen LogP contribution < -0.4 is 4.74 Å². The maximum Gasteiger partial charge on any atom is 0.295 e. The molecule has 1 N–H and O–H groups in total. The summed E-state index contributed by atoms with van der Waals surface area (Å²) in [6, 6.07) is 19.9. The van der Waals surface area contributed by atoms with Crippen LogP contribution in [0.3, 0.4) is 0 Å². The molecular weight excluding hydrogens is 430 g/mol. The van der Waals surface area contributed by atoms with Crippen molar-refractivity contribution in [2.75, 3.05) is 19.8 Å². The zero-order chi connectivity index (χ0) is 23.7.